The van der Waals surface area contributed by atoms with E-state index in [9.17, 15) is 4.79 Å². The SMILES string of the molecule is CN(C(=O)c1ccoc1Cl)C(CN)C1CC1. The highest BCUT2D eigenvalue weighted by Gasteiger charge is 2.35. The van der Waals surface area contributed by atoms with Gasteiger partial charge in [0.05, 0.1) is 11.8 Å². The fourth-order valence-electron chi connectivity index (χ4n) is 1.93. The molecule has 88 valence electrons. The van der Waals surface area contributed by atoms with Crippen LogP contribution in [-0.4, -0.2) is 30.4 Å². The van der Waals surface area contributed by atoms with Crippen LogP contribution in [0.25, 0.3) is 0 Å². The lowest BCUT2D eigenvalue weighted by atomic mass is 10.1. The Hall–Kier alpha value is -1.00. The van der Waals surface area contributed by atoms with Crippen LogP contribution in [0.3, 0.4) is 0 Å². The summed E-state index contributed by atoms with van der Waals surface area (Å²) in [5.74, 6) is 0.422. The summed E-state index contributed by atoms with van der Waals surface area (Å²) >= 11 is 5.78. The Balaban J connectivity index is 2.11. The van der Waals surface area contributed by atoms with Crippen LogP contribution in [0.1, 0.15) is 23.2 Å². The van der Waals surface area contributed by atoms with Gasteiger partial charge in [0.15, 0.2) is 0 Å². The van der Waals surface area contributed by atoms with Crippen LogP contribution >= 0.6 is 11.6 Å². The zero-order chi connectivity index (χ0) is 11.7. The summed E-state index contributed by atoms with van der Waals surface area (Å²) in [5.41, 5.74) is 6.10. The molecule has 1 heterocycles. The molecule has 0 aromatic carbocycles. The summed E-state index contributed by atoms with van der Waals surface area (Å²) in [6, 6.07) is 1.69. The normalized spacial score (nSPS) is 17.2. The number of likely N-dealkylation sites (N-methyl/N-ethyl adjacent to an activating group) is 1. The van der Waals surface area contributed by atoms with Crippen LogP contribution in [0.2, 0.25) is 5.22 Å². The molecule has 4 nitrogen and oxygen atoms in total. The molecule has 1 aromatic rings. The van der Waals surface area contributed by atoms with Crippen molar-refractivity contribution in [3.8, 4) is 0 Å². The molecular weight excluding hydrogens is 228 g/mol. The Morgan fingerprint density at radius 3 is 2.88 bits per heavy atom. The van der Waals surface area contributed by atoms with Gasteiger partial charge in [-0.1, -0.05) is 0 Å². The summed E-state index contributed by atoms with van der Waals surface area (Å²) in [5, 5.41) is 0.142. The van der Waals surface area contributed by atoms with Gasteiger partial charge in [0.25, 0.3) is 5.91 Å². The van der Waals surface area contributed by atoms with Crippen molar-refractivity contribution in [2.75, 3.05) is 13.6 Å². The third-order valence-corrected chi connectivity index (χ3v) is 3.37. The first-order valence-corrected chi connectivity index (χ1v) is 5.73. The molecule has 1 aromatic heterocycles. The Morgan fingerprint density at radius 1 is 1.75 bits per heavy atom. The van der Waals surface area contributed by atoms with E-state index in [0.717, 1.165) is 12.8 Å². The zero-order valence-electron chi connectivity index (χ0n) is 9.15. The van der Waals surface area contributed by atoms with Gasteiger partial charge in [-0.3, -0.25) is 4.79 Å². The number of hydrogen-bond acceptors (Lipinski definition) is 3. The van der Waals surface area contributed by atoms with Gasteiger partial charge >= 0.3 is 0 Å². The van der Waals surface area contributed by atoms with Crippen molar-refractivity contribution < 1.29 is 9.21 Å². The van der Waals surface area contributed by atoms with Crippen molar-refractivity contribution in [2.45, 2.75) is 18.9 Å². The summed E-state index contributed by atoms with van der Waals surface area (Å²) in [7, 11) is 1.77. The highest BCUT2D eigenvalue weighted by Crippen LogP contribution is 2.35. The van der Waals surface area contributed by atoms with E-state index in [2.05, 4.69) is 0 Å². The van der Waals surface area contributed by atoms with Crippen LogP contribution in [0.5, 0.6) is 0 Å². The third kappa shape index (κ3) is 2.08. The lowest BCUT2D eigenvalue weighted by molar-refractivity contribution is 0.0718. The predicted octanol–water partition coefficient (Wildman–Crippen LogP) is 1.74. The average Bonchev–Trinajstić information content (AvgIpc) is 3.01. The number of nitrogens with two attached hydrogens (primary N) is 1. The van der Waals surface area contributed by atoms with Gasteiger partial charge in [0, 0.05) is 19.6 Å². The molecule has 1 amide bonds. The smallest absolute Gasteiger partial charge is 0.258 e. The summed E-state index contributed by atoms with van der Waals surface area (Å²) in [6.07, 6.45) is 3.72. The number of nitrogens with zero attached hydrogens (tertiary/aromatic N) is 1. The predicted molar refractivity (Wildman–Crippen MR) is 61.4 cm³/mol. The van der Waals surface area contributed by atoms with Gasteiger partial charge in [-0.05, 0) is 36.4 Å². The second kappa shape index (κ2) is 4.47. The molecule has 0 spiro atoms. The third-order valence-electron chi connectivity index (χ3n) is 3.07. The van der Waals surface area contributed by atoms with E-state index in [1.807, 2.05) is 0 Å². The second-order valence-corrected chi connectivity index (χ2v) is 4.51. The van der Waals surface area contributed by atoms with Crippen LogP contribution in [0, 0.1) is 5.92 Å². The molecule has 2 rings (SSSR count). The van der Waals surface area contributed by atoms with Crippen LogP contribution in [-0.2, 0) is 0 Å². The first kappa shape index (κ1) is 11.5. The standard InChI is InChI=1S/C11H15ClN2O2/c1-14(9(6-13)7-2-3-7)11(15)8-4-5-16-10(8)12/h4-5,7,9H,2-3,6,13H2,1H3. The maximum Gasteiger partial charge on any atom is 0.258 e. The van der Waals surface area contributed by atoms with Crippen LogP contribution in [0.4, 0.5) is 0 Å². The minimum Gasteiger partial charge on any atom is -0.452 e. The molecule has 1 fully saturated rings. The summed E-state index contributed by atoms with van der Waals surface area (Å²) in [6.45, 7) is 0.488. The molecule has 0 radical (unpaired) electrons. The van der Waals surface area contributed by atoms with Crippen molar-refractivity contribution >= 4 is 17.5 Å². The summed E-state index contributed by atoms with van der Waals surface area (Å²) in [4.78, 5) is 13.8. The van der Waals surface area contributed by atoms with Crippen molar-refractivity contribution in [3.05, 3.63) is 23.1 Å². The Kier molecular flexibility index (Phi) is 3.21. The van der Waals surface area contributed by atoms with Gasteiger partial charge in [-0.2, -0.15) is 0 Å². The second-order valence-electron chi connectivity index (χ2n) is 4.16. The minimum absolute atomic E-state index is 0.110. The lowest BCUT2D eigenvalue weighted by Gasteiger charge is -2.26. The highest BCUT2D eigenvalue weighted by molar-refractivity contribution is 6.32. The first-order chi connectivity index (χ1) is 7.65. The monoisotopic (exact) mass is 242 g/mol. The number of carbonyl (C=O) groups is 1. The molecule has 1 unspecified atom stereocenters. The van der Waals surface area contributed by atoms with Gasteiger partial charge in [-0.25, -0.2) is 0 Å². The van der Waals surface area contributed by atoms with Gasteiger partial charge in [0.2, 0.25) is 5.22 Å². The van der Waals surface area contributed by atoms with E-state index in [1.165, 1.54) is 6.26 Å². The number of furan rings is 1. The molecule has 0 saturated heterocycles. The quantitative estimate of drug-likeness (QED) is 0.875. The van der Waals surface area contributed by atoms with Crippen LogP contribution < -0.4 is 5.73 Å². The molecule has 1 aliphatic carbocycles. The first-order valence-electron chi connectivity index (χ1n) is 5.35. The van der Waals surface area contributed by atoms with Gasteiger partial charge in [-0.15, -0.1) is 0 Å². The number of halogens is 1. The molecule has 0 bridgehead atoms. The highest BCUT2D eigenvalue weighted by atomic mass is 35.5. The number of carbonyl (C=O) groups excluding carboxylic acids is 1. The molecular formula is C11H15ClN2O2. The Bertz CT molecular complexity index is 387. The molecule has 16 heavy (non-hydrogen) atoms. The topological polar surface area (TPSA) is 59.5 Å². The molecule has 0 aliphatic heterocycles. The van der Waals surface area contributed by atoms with E-state index in [4.69, 9.17) is 21.8 Å². The van der Waals surface area contributed by atoms with Crippen LogP contribution in [0.15, 0.2) is 16.7 Å². The zero-order valence-corrected chi connectivity index (χ0v) is 9.91. The van der Waals surface area contributed by atoms with E-state index in [-0.39, 0.29) is 17.2 Å². The molecule has 5 heteroatoms. The number of hydrogen-bond donors (Lipinski definition) is 1. The fourth-order valence-corrected chi connectivity index (χ4v) is 2.13. The largest absolute Gasteiger partial charge is 0.452 e. The van der Waals surface area contributed by atoms with E-state index in [1.54, 1.807) is 18.0 Å². The average molecular weight is 243 g/mol. The summed E-state index contributed by atoms with van der Waals surface area (Å²) < 4.78 is 4.91. The van der Waals surface area contributed by atoms with Crippen molar-refractivity contribution in [1.29, 1.82) is 0 Å². The maximum absolute atomic E-state index is 12.1. The molecule has 1 aliphatic rings. The van der Waals surface area contributed by atoms with E-state index < -0.39 is 0 Å². The fraction of sp³-hybridized carbons (Fsp3) is 0.545. The van der Waals surface area contributed by atoms with Crippen molar-refractivity contribution in [1.82, 2.24) is 4.90 Å². The number of amides is 1. The van der Waals surface area contributed by atoms with Crippen molar-refractivity contribution in [2.24, 2.45) is 11.7 Å². The van der Waals surface area contributed by atoms with Gasteiger partial charge < -0.3 is 15.1 Å². The maximum atomic E-state index is 12.1. The number of rotatable bonds is 4. The lowest BCUT2D eigenvalue weighted by Crippen LogP contribution is -2.43. The molecule has 1 saturated carbocycles. The van der Waals surface area contributed by atoms with E-state index >= 15 is 0 Å². The molecule has 1 atom stereocenters. The van der Waals surface area contributed by atoms with Crippen molar-refractivity contribution in [3.63, 3.8) is 0 Å². The minimum atomic E-state index is -0.124. The molecule has 2 N–H and O–H groups in total. The van der Waals surface area contributed by atoms with Gasteiger partial charge in [0.1, 0.15) is 0 Å². The Labute approximate surface area is 99.3 Å². The Morgan fingerprint density at radius 2 is 2.44 bits per heavy atom. The van der Waals surface area contributed by atoms with E-state index in [0.29, 0.717) is 18.0 Å².